The van der Waals surface area contributed by atoms with E-state index in [2.05, 4.69) is 18.8 Å². The molecule has 1 N–H and O–H groups in total. The number of hydrogen-bond donors (Lipinski definition) is 1. The fraction of sp³-hybridized carbons (Fsp3) is 0.556. The first-order chi connectivity index (χ1) is 4.81. The summed E-state index contributed by atoms with van der Waals surface area (Å²) >= 11 is 0. The number of aliphatic hydroxyl groups excluding tert-OH is 1. The Kier molecular flexibility index (Phi) is 5.91. The van der Waals surface area contributed by atoms with Crippen molar-refractivity contribution in [2.75, 3.05) is 6.61 Å². The highest BCUT2D eigenvalue weighted by Crippen LogP contribution is 2.00. The number of aliphatic hydroxyl groups is 1. The Morgan fingerprint density at radius 2 is 2.30 bits per heavy atom. The summed E-state index contributed by atoms with van der Waals surface area (Å²) < 4.78 is 0. The largest absolute Gasteiger partial charge is 0.392 e. The highest BCUT2D eigenvalue weighted by molar-refractivity contribution is 5.00. The summed E-state index contributed by atoms with van der Waals surface area (Å²) in [6, 6.07) is 0. The maximum Gasteiger partial charge on any atom is 0.0612 e. The van der Waals surface area contributed by atoms with Crippen molar-refractivity contribution in [2.24, 2.45) is 5.92 Å². The van der Waals surface area contributed by atoms with Gasteiger partial charge in [-0.1, -0.05) is 19.1 Å². The molecule has 0 bridgehead atoms. The van der Waals surface area contributed by atoms with E-state index in [1.807, 2.05) is 13.0 Å². The van der Waals surface area contributed by atoms with Crippen LogP contribution in [0.2, 0.25) is 0 Å². The van der Waals surface area contributed by atoms with Crippen molar-refractivity contribution in [3.8, 4) is 11.8 Å². The average molecular weight is 138 g/mol. The molecule has 0 aliphatic carbocycles. The van der Waals surface area contributed by atoms with E-state index in [4.69, 9.17) is 5.11 Å². The van der Waals surface area contributed by atoms with E-state index in [1.54, 1.807) is 6.08 Å². The van der Waals surface area contributed by atoms with Crippen LogP contribution in [0.5, 0.6) is 0 Å². The monoisotopic (exact) mass is 138 g/mol. The summed E-state index contributed by atoms with van der Waals surface area (Å²) in [6.45, 7) is 4.04. The molecule has 56 valence electrons. The van der Waals surface area contributed by atoms with Gasteiger partial charge in [0.25, 0.3) is 0 Å². The highest BCUT2D eigenvalue weighted by Gasteiger charge is 1.90. The molecule has 1 heteroatoms. The van der Waals surface area contributed by atoms with Gasteiger partial charge < -0.3 is 5.11 Å². The SMILES string of the molecule is CC#CC[C@@H](C)/C=C\CO. The van der Waals surface area contributed by atoms with Crippen LogP contribution in [0.1, 0.15) is 20.3 Å². The van der Waals surface area contributed by atoms with Crippen LogP contribution < -0.4 is 0 Å². The summed E-state index contributed by atoms with van der Waals surface area (Å²) in [5, 5.41) is 8.42. The van der Waals surface area contributed by atoms with Crippen molar-refractivity contribution in [3.05, 3.63) is 12.2 Å². The first-order valence-corrected chi connectivity index (χ1v) is 3.48. The van der Waals surface area contributed by atoms with Crippen LogP contribution in [0, 0.1) is 17.8 Å². The van der Waals surface area contributed by atoms with E-state index in [1.165, 1.54) is 0 Å². The lowest BCUT2D eigenvalue weighted by atomic mass is 10.1. The van der Waals surface area contributed by atoms with Crippen LogP contribution in [0.3, 0.4) is 0 Å². The standard InChI is InChI=1S/C9H14O/c1-3-4-6-9(2)7-5-8-10/h5,7,9-10H,6,8H2,1-2H3/b7-5-/t9-/m1/s1. The van der Waals surface area contributed by atoms with Gasteiger partial charge in [0.05, 0.1) is 6.61 Å². The maximum atomic E-state index is 8.42. The van der Waals surface area contributed by atoms with Crippen molar-refractivity contribution in [1.29, 1.82) is 0 Å². The number of rotatable bonds is 3. The summed E-state index contributed by atoms with van der Waals surface area (Å²) in [5.41, 5.74) is 0. The molecule has 0 heterocycles. The summed E-state index contributed by atoms with van der Waals surface area (Å²) in [4.78, 5) is 0. The molecule has 0 saturated carbocycles. The third kappa shape index (κ3) is 5.40. The fourth-order valence-electron chi connectivity index (χ4n) is 0.624. The topological polar surface area (TPSA) is 20.2 Å². The van der Waals surface area contributed by atoms with Gasteiger partial charge in [0.1, 0.15) is 0 Å². The molecule has 1 nitrogen and oxygen atoms in total. The summed E-state index contributed by atoms with van der Waals surface area (Å²) in [7, 11) is 0. The lowest BCUT2D eigenvalue weighted by Crippen LogP contribution is -1.86. The minimum Gasteiger partial charge on any atom is -0.392 e. The van der Waals surface area contributed by atoms with Crippen LogP contribution in [0.4, 0.5) is 0 Å². The first kappa shape index (κ1) is 9.26. The van der Waals surface area contributed by atoms with E-state index in [-0.39, 0.29) is 6.61 Å². The molecule has 0 unspecified atom stereocenters. The molecular weight excluding hydrogens is 124 g/mol. The van der Waals surface area contributed by atoms with Crippen molar-refractivity contribution >= 4 is 0 Å². The molecule has 0 saturated heterocycles. The Morgan fingerprint density at radius 3 is 2.80 bits per heavy atom. The predicted octanol–water partition coefficient (Wildman–Crippen LogP) is 1.58. The molecule has 0 aromatic carbocycles. The zero-order valence-corrected chi connectivity index (χ0v) is 6.59. The van der Waals surface area contributed by atoms with Gasteiger partial charge in [0.2, 0.25) is 0 Å². The van der Waals surface area contributed by atoms with Crippen molar-refractivity contribution < 1.29 is 5.11 Å². The molecule has 0 aromatic rings. The molecular formula is C9H14O. The van der Waals surface area contributed by atoms with Gasteiger partial charge in [-0.15, -0.1) is 11.8 Å². The lowest BCUT2D eigenvalue weighted by molar-refractivity contribution is 0.342. The van der Waals surface area contributed by atoms with Gasteiger partial charge in [-0.2, -0.15) is 0 Å². The third-order valence-corrected chi connectivity index (χ3v) is 1.17. The van der Waals surface area contributed by atoms with Gasteiger partial charge in [0.15, 0.2) is 0 Å². The van der Waals surface area contributed by atoms with Crippen LogP contribution >= 0.6 is 0 Å². The molecule has 0 aliphatic heterocycles. The van der Waals surface area contributed by atoms with Crippen LogP contribution in [-0.4, -0.2) is 11.7 Å². The molecule has 0 aromatic heterocycles. The maximum absolute atomic E-state index is 8.42. The number of allylic oxidation sites excluding steroid dienone is 1. The molecule has 1 atom stereocenters. The quantitative estimate of drug-likeness (QED) is 0.464. The summed E-state index contributed by atoms with van der Waals surface area (Å²) in [6.07, 6.45) is 4.61. The van der Waals surface area contributed by atoms with Crippen LogP contribution in [-0.2, 0) is 0 Å². The molecule has 0 spiro atoms. The molecule has 0 fully saturated rings. The fourth-order valence-corrected chi connectivity index (χ4v) is 0.624. The molecule has 0 aliphatic rings. The van der Waals surface area contributed by atoms with Gasteiger partial charge >= 0.3 is 0 Å². The minimum absolute atomic E-state index is 0.129. The lowest BCUT2D eigenvalue weighted by Gasteiger charge is -1.96. The molecule has 10 heavy (non-hydrogen) atoms. The Balaban J connectivity index is 3.49. The van der Waals surface area contributed by atoms with Gasteiger partial charge in [0, 0.05) is 6.42 Å². The normalized spacial score (nSPS) is 12.7. The van der Waals surface area contributed by atoms with Crippen LogP contribution in [0.15, 0.2) is 12.2 Å². The van der Waals surface area contributed by atoms with Crippen molar-refractivity contribution in [3.63, 3.8) is 0 Å². The smallest absolute Gasteiger partial charge is 0.0612 e. The molecule has 0 rings (SSSR count). The predicted molar refractivity (Wildman–Crippen MR) is 43.5 cm³/mol. The van der Waals surface area contributed by atoms with E-state index < -0.39 is 0 Å². The van der Waals surface area contributed by atoms with Gasteiger partial charge in [-0.25, -0.2) is 0 Å². The Morgan fingerprint density at radius 1 is 1.60 bits per heavy atom. The Bertz CT molecular complexity index is 148. The van der Waals surface area contributed by atoms with E-state index in [0.29, 0.717) is 5.92 Å². The average Bonchev–Trinajstić information content (AvgIpc) is 1.97. The zero-order chi connectivity index (χ0) is 7.82. The van der Waals surface area contributed by atoms with Crippen LogP contribution in [0.25, 0.3) is 0 Å². The van der Waals surface area contributed by atoms with Gasteiger partial charge in [-0.05, 0) is 12.8 Å². The summed E-state index contributed by atoms with van der Waals surface area (Å²) in [5.74, 6) is 6.26. The van der Waals surface area contributed by atoms with Crippen molar-refractivity contribution in [2.45, 2.75) is 20.3 Å². The number of hydrogen-bond acceptors (Lipinski definition) is 1. The molecule has 0 amide bonds. The van der Waals surface area contributed by atoms with E-state index >= 15 is 0 Å². The first-order valence-electron chi connectivity index (χ1n) is 3.48. The zero-order valence-electron chi connectivity index (χ0n) is 6.59. The Labute approximate surface area is 62.8 Å². The molecule has 0 radical (unpaired) electrons. The second kappa shape index (κ2) is 6.38. The minimum atomic E-state index is 0.129. The Hall–Kier alpha value is -0.740. The van der Waals surface area contributed by atoms with E-state index in [9.17, 15) is 0 Å². The second-order valence-electron chi connectivity index (χ2n) is 2.22. The third-order valence-electron chi connectivity index (χ3n) is 1.17. The van der Waals surface area contributed by atoms with E-state index in [0.717, 1.165) is 6.42 Å². The van der Waals surface area contributed by atoms with Crippen molar-refractivity contribution in [1.82, 2.24) is 0 Å². The second-order valence-corrected chi connectivity index (χ2v) is 2.22. The highest BCUT2D eigenvalue weighted by atomic mass is 16.2. The van der Waals surface area contributed by atoms with Gasteiger partial charge in [-0.3, -0.25) is 0 Å².